The van der Waals surface area contributed by atoms with Crippen molar-refractivity contribution in [2.45, 2.75) is 19.9 Å². The van der Waals surface area contributed by atoms with Gasteiger partial charge in [-0.2, -0.15) is 0 Å². The van der Waals surface area contributed by atoms with Crippen LogP contribution in [0.3, 0.4) is 0 Å². The van der Waals surface area contributed by atoms with E-state index < -0.39 is 0 Å². The summed E-state index contributed by atoms with van der Waals surface area (Å²) in [4.78, 5) is 13.7. The Bertz CT molecular complexity index is 332. The Kier molecular flexibility index (Phi) is 5.05. The molecular weight excluding hydrogens is 204 g/mol. The number of aromatic nitrogens is 1. The average molecular weight is 224 g/mol. The topological polar surface area (TPSA) is 34.5 Å². The normalized spacial score (nSPS) is 10.8. The summed E-state index contributed by atoms with van der Waals surface area (Å²) in [6, 6.07) is 3.68. The fraction of sp³-hybridized carbons (Fsp3) is 0.583. The summed E-state index contributed by atoms with van der Waals surface area (Å²) >= 11 is 0. The molecule has 90 valence electrons. The van der Waals surface area contributed by atoms with Gasteiger partial charge in [-0.15, -0.1) is 0 Å². The highest BCUT2D eigenvalue weighted by Gasteiger charge is 2.10. The van der Waals surface area contributed by atoms with E-state index in [2.05, 4.69) is 4.90 Å². The molecule has 1 aromatic heterocycles. The van der Waals surface area contributed by atoms with Crippen molar-refractivity contribution < 1.29 is 9.53 Å². The lowest BCUT2D eigenvalue weighted by Crippen LogP contribution is -2.17. The lowest BCUT2D eigenvalue weighted by Gasteiger charge is -2.11. The predicted molar refractivity (Wildman–Crippen MR) is 63.6 cm³/mol. The van der Waals surface area contributed by atoms with Gasteiger partial charge in [-0.1, -0.05) is 0 Å². The number of aryl methyl sites for hydroxylation is 1. The smallest absolute Gasteiger partial charge is 0.354 e. The molecule has 1 rings (SSSR count). The Balaban J connectivity index is 2.53. The van der Waals surface area contributed by atoms with E-state index in [1.165, 1.54) is 0 Å². The maximum atomic E-state index is 11.6. The number of esters is 1. The van der Waals surface area contributed by atoms with Crippen LogP contribution in [0.1, 0.15) is 23.8 Å². The molecule has 0 radical (unpaired) electrons. The summed E-state index contributed by atoms with van der Waals surface area (Å²) in [5.41, 5.74) is 0.639. The van der Waals surface area contributed by atoms with Crippen LogP contribution in [0.2, 0.25) is 0 Å². The number of carbonyl (C=O) groups excluding carboxylic acids is 1. The summed E-state index contributed by atoms with van der Waals surface area (Å²) in [5, 5.41) is 0. The van der Waals surface area contributed by atoms with Crippen molar-refractivity contribution in [2.24, 2.45) is 0 Å². The Morgan fingerprint density at radius 1 is 1.50 bits per heavy atom. The molecule has 0 aliphatic rings. The zero-order chi connectivity index (χ0) is 12.0. The monoisotopic (exact) mass is 224 g/mol. The van der Waals surface area contributed by atoms with Gasteiger partial charge in [0.2, 0.25) is 0 Å². The molecule has 0 amide bonds. The summed E-state index contributed by atoms with van der Waals surface area (Å²) in [6.07, 6.45) is 2.94. The summed E-state index contributed by atoms with van der Waals surface area (Å²) in [6.45, 7) is 4.10. The van der Waals surface area contributed by atoms with Gasteiger partial charge in [0, 0.05) is 12.7 Å². The summed E-state index contributed by atoms with van der Waals surface area (Å²) in [7, 11) is 4.09. The fourth-order valence-corrected chi connectivity index (χ4v) is 1.56. The predicted octanol–water partition coefficient (Wildman–Crippen LogP) is 1.62. The third-order valence-electron chi connectivity index (χ3n) is 2.32. The first-order chi connectivity index (χ1) is 7.65. The van der Waals surface area contributed by atoms with Gasteiger partial charge in [-0.3, -0.25) is 0 Å². The zero-order valence-corrected chi connectivity index (χ0v) is 10.3. The minimum Gasteiger partial charge on any atom is -0.461 e. The minimum absolute atomic E-state index is 0.239. The number of rotatable bonds is 6. The van der Waals surface area contributed by atoms with Crippen molar-refractivity contribution in [3.8, 4) is 0 Å². The minimum atomic E-state index is -0.239. The molecule has 0 aliphatic heterocycles. The highest BCUT2D eigenvalue weighted by molar-refractivity contribution is 5.87. The van der Waals surface area contributed by atoms with E-state index >= 15 is 0 Å². The molecule has 16 heavy (non-hydrogen) atoms. The van der Waals surface area contributed by atoms with Crippen LogP contribution in [0.15, 0.2) is 18.3 Å². The molecule has 4 nitrogen and oxygen atoms in total. The zero-order valence-electron chi connectivity index (χ0n) is 10.3. The standard InChI is InChI=1S/C12H20N2O2/c1-4-16-12(15)11-7-5-9-14(11)10-6-8-13(2)3/h5,7,9H,4,6,8,10H2,1-3H3. The average Bonchev–Trinajstić information content (AvgIpc) is 2.66. The van der Waals surface area contributed by atoms with E-state index in [9.17, 15) is 4.79 Å². The van der Waals surface area contributed by atoms with Crippen LogP contribution in [0.5, 0.6) is 0 Å². The van der Waals surface area contributed by atoms with Gasteiger partial charge in [-0.05, 0) is 46.1 Å². The molecule has 4 heteroatoms. The van der Waals surface area contributed by atoms with Crippen LogP contribution < -0.4 is 0 Å². The number of carbonyl (C=O) groups is 1. The van der Waals surface area contributed by atoms with Gasteiger partial charge in [0.15, 0.2) is 0 Å². The molecule has 1 heterocycles. The maximum absolute atomic E-state index is 11.6. The van der Waals surface area contributed by atoms with E-state index in [-0.39, 0.29) is 5.97 Å². The third-order valence-corrected chi connectivity index (χ3v) is 2.32. The van der Waals surface area contributed by atoms with E-state index in [1.54, 1.807) is 6.07 Å². The first kappa shape index (κ1) is 12.8. The molecular formula is C12H20N2O2. The highest BCUT2D eigenvalue weighted by Crippen LogP contribution is 2.05. The maximum Gasteiger partial charge on any atom is 0.354 e. The van der Waals surface area contributed by atoms with E-state index in [0.717, 1.165) is 19.5 Å². The highest BCUT2D eigenvalue weighted by atomic mass is 16.5. The van der Waals surface area contributed by atoms with Gasteiger partial charge in [0.05, 0.1) is 6.61 Å². The second-order valence-corrected chi connectivity index (χ2v) is 3.96. The number of ether oxygens (including phenoxy) is 1. The van der Waals surface area contributed by atoms with Crippen molar-refractivity contribution >= 4 is 5.97 Å². The molecule has 0 bridgehead atoms. The molecule has 0 unspecified atom stereocenters. The Hall–Kier alpha value is -1.29. The van der Waals surface area contributed by atoms with Crippen molar-refractivity contribution in [2.75, 3.05) is 27.2 Å². The van der Waals surface area contributed by atoms with Gasteiger partial charge < -0.3 is 14.2 Å². The Labute approximate surface area is 96.8 Å². The second-order valence-electron chi connectivity index (χ2n) is 3.96. The van der Waals surface area contributed by atoms with Gasteiger partial charge in [0.1, 0.15) is 5.69 Å². The fourth-order valence-electron chi connectivity index (χ4n) is 1.56. The quantitative estimate of drug-likeness (QED) is 0.689. The largest absolute Gasteiger partial charge is 0.461 e. The lowest BCUT2D eigenvalue weighted by atomic mass is 10.3. The molecule has 0 atom stereocenters. The van der Waals surface area contributed by atoms with Gasteiger partial charge in [0.25, 0.3) is 0 Å². The Morgan fingerprint density at radius 3 is 2.88 bits per heavy atom. The van der Waals surface area contributed by atoms with Crippen molar-refractivity contribution in [1.29, 1.82) is 0 Å². The molecule has 0 fully saturated rings. The van der Waals surface area contributed by atoms with E-state index in [4.69, 9.17) is 4.74 Å². The molecule has 0 spiro atoms. The first-order valence-corrected chi connectivity index (χ1v) is 5.62. The van der Waals surface area contributed by atoms with Crippen LogP contribution in [0.4, 0.5) is 0 Å². The SMILES string of the molecule is CCOC(=O)c1cccn1CCCN(C)C. The number of hydrogen-bond donors (Lipinski definition) is 0. The van der Waals surface area contributed by atoms with E-state index in [1.807, 2.05) is 37.8 Å². The van der Waals surface area contributed by atoms with Crippen LogP contribution in [-0.2, 0) is 11.3 Å². The third kappa shape index (κ3) is 3.70. The Morgan fingerprint density at radius 2 is 2.25 bits per heavy atom. The first-order valence-electron chi connectivity index (χ1n) is 5.62. The number of nitrogens with zero attached hydrogens (tertiary/aromatic N) is 2. The lowest BCUT2D eigenvalue weighted by molar-refractivity contribution is 0.0513. The molecule has 0 aromatic carbocycles. The van der Waals surface area contributed by atoms with Crippen LogP contribution in [-0.4, -0.2) is 42.7 Å². The molecule has 1 aromatic rings. The van der Waals surface area contributed by atoms with Crippen LogP contribution >= 0.6 is 0 Å². The van der Waals surface area contributed by atoms with Crippen molar-refractivity contribution in [3.63, 3.8) is 0 Å². The molecule has 0 saturated heterocycles. The molecule has 0 N–H and O–H groups in total. The number of hydrogen-bond acceptors (Lipinski definition) is 3. The van der Waals surface area contributed by atoms with Crippen molar-refractivity contribution in [3.05, 3.63) is 24.0 Å². The molecule has 0 saturated carbocycles. The van der Waals surface area contributed by atoms with Gasteiger partial charge >= 0.3 is 5.97 Å². The van der Waals surface area contributed by atoms with Crippen LogP contribution in [0, 0.1) is 0 Å². The van der Waals surface area contributed by atoms with Crippen molar-refractivity contribution in [1.82, 2.24) is 9.47 Å². The van der Waals surface area contributed by atoms with Crippen LogP contribution in [0.25, 0.3) is 0 Å². The summed E-state index contributed by atoms with van der Waals surface area (Å²) in [5.74, 6) is -0.239. The summed E-state index contributed by atoms with van der Waals surface area (Å²) < 4.78 is 6.93. The van der Waals surface area contributed by atoms with Gasteiger partial charge in [-0.25, -0.2) is 4.79 Å². The molecule has 0 aliphatic carbocycles. The van der Waals surface area contributed by atoms with E-state index in [0.29, 0.717) is 12.3 Å². The second kappa shape index (κ2) is 6.33.